The van der Waals surface area contributed by atoms with Crippen LogP contribution in [0.2, 0.25) is 0 Å². The first-order valence-corrected chi connectivity index (χ1v) is 8.11. The van der Waals surface area contributed by atoms with E-state index in [0.717, 1.165) is 6.42 Å². The van der Waals surface area contributed by atoms with Crippen molar-refractivity contribution in [2.24, 2.45) is 5.92 Å². The fraction of sp³-hybridized carbons (Fsp3) is 0.412. The molecule has 0 fully saturated rings. The van der Waals surface area contributed by atoms with E-state index in [1.165, 1.54) is 4.90 Å². The molecule has 0 radical (unpaired) electrons. The summed E-state index contributed by atoms with van der Waals surface area (Å²) >= 11 is 0. The van der Waals surface area contributed by atoms with Gasteiger partial charge < -0.3 is 5.32 Å². The van der Waals surface area contributed by atoms with Gasteiger partial charge in [0.1, 0.15) is 6.04 Å². The van der Waals surface area contributed by atoms with E-state index in [1.54, 1.807) is 23.9 Å². The second-order valence-electron chi connectivity index (χ2n) is 6.41. The Morgan fingerprint density at radius 2 is 2.08 bits per heavy atom. The van der Waals surface area contributed by atoms with Crippen LogP contribution in [0.5, 0.6) is 0 Å². The van der Waals surface area contributed by atoms with Gasteiger partial charge >= 0.3 is 0 Å². The van der Waals surface area contributed by atoms with Crippen LogP contribution in [0.3, 0.4) is 0 Å². The molecule has 1 atom stereocenters. The minimum atomic E-state index is -0.604. The lowest BCUT2D eigenvalue weighted by Crippen LogP contribution is -2.49. The van der Waals surface area contributed by atoms with Gasteiger partial charge in [-0.25, -0.2) is 0 Å². The Hall–Kier alpha value is -2.70. The number of benzene rings is 1. The first-order chi connectivity index (χ1) is 11.5. The van der Waals surface area contributed by atoms with Crippen molar-refractivity contribution in [2.45, 2.75) is 39.8 Å². The standard InChI is InChI=1S/C17H21N5O2/c1-11(2)8-9-21-10-14(19-20-21)17(24)22-12(3)16(23)18-13-6-4-5-7-15(13)22/h4-7,10-12H,8-9H2,1-3H3,(H,18,23). The Balaban J connectivity index is 1.88. The first kappa shape index (κ1) is 16.2. The number of aromatic nitrogens is 3. The zero-order chi connectivity index (χ0) is 17.3. The van der Waals surface area contributed by atoms with Gasteiger partial charge in [0.25, 0.3) is 5.91 Å². The lowest BCUT2D eigenvalue weighted by molar-refractivity contribution is -0.117. The minimum absolute atomic E-state index is 0.214. The monoisotopic (exact) mass is 327 g/mol. The molecule has 3 rings (SSSR count). The molecule has 1 aliphatic heterocycles. The summed E-state index contributed by atoms with van der Waals surface area (Å²) in [6.45, 7) is 6.68. The number of hydrogen-bond donors (Lipinski definition) is 1. The number of nitrogens with one attached hydrogen (secondary N) is 1. The van der Waals surface area contributed by atoms with Crippen molar-refractivity contribution in [1.82, 2.24) is 15.0 Å². The lowest BCUT2D eigenvalue weighted by Gasteiger charge is -2.33. The molecule has 24 heavy (non-hydrogen) atoms. The van der Waals surface area contributed by atoms with Crippen LogP contribution in [0.1, 0.15) is 37.7 Å². The van der Waals surface area contributed by atoms with Gasteiger partial charge in [0.2, 0.25) is 5.91 Å². The molecule has 1 unspecified atom stereocenters. The average Bonchev–Trinajstić information content (AvgIpc) is 3.02. The van der Waals surface area contributed by atoms with Crippen LogP contribution in [0.25, 0.3) is 0 Å². The van der Waals surface area contributed by atoms with Crippen molar-refractivity contribution in [3.63, 3.8) is 0 Å². The van der Waals surface area contributed by atoms with Gasteiger partial charge in [-0.05, 0) is 31.4 Å². The first-order valence-electron chi connectivity index (χ1n) is 8.11. The van der Waals surface area contributed by atoms with E-state index < -0.39 is 6.04 Å². The van der Waals surface area contributed by atoms with E-state index in [1.807, 2.05) is 18.2 Å². The van der Waals surface area contributed by atoms with Gasteiger partial charge in [-0.1, -0.05) is 31.2 Å². The van der Waals surface area contributed by atoms with Gasteiger partial charge in [0.15, 0.2) is 5.69 Å². The number of carbonyl (C=O) groups is 2. The van der Waals surface area contributed by atoms with Crippen LogP contribution >= 0.6 is 0 Å². The molecule has 0 aliphatic carbocycles. The molecule has 2 aromatic rings. The van der Waals surface area contributed by atoms with E-state index in [0.29, 0.717) is 23.8 Å². The van der Waals surface area contributed by atoms with E-state index in [4.69, 9.17) is 0 Å². The van der Waals surface area contributed by atoms with Gasteiger partial charge in [-0.15, -0.1) is 5.10 Å². The molecule has 126 valence electrons. The predicted molar refractivity (Wildman–Crippen MR) is 90.8 cm³/mol. The summed E-state index contributed by atoms with van der Waals surface area (Å²) in [6.07, 6.45) is 2.61. The topological polar surface area (TPSA) is 80.1 Å². The summed E-state index contributed by atoms with van der Waals surface area (Å²) in [6, 6.07) is 6.64. The van der Waals surface area contributed by atoms with Crippen molar-refractivity contribution in [1.29, 1.82) is 0 Å². The molecule has 1 N–H and O–H groups in total. The number of carbonyl (C=O) groups excluding carboxylic acids is 2. The highest BCUT2D eigenvalue weighted by molar-refractivity contribution is 6.15. The van der Waals surface area contributed by atoms with Crippen molar-refractivity contribution in [2.75, 3.05) is 10.2 Å². The fourth-order valence-corrected chi connectivity index (χ4v) is 2.66. The van der Waals surface area contributed by atoms with E-state index in [9.17, 15) is 9.59 Å². The third kappa shape index (κ3) is 3.02. The van der Waals surface area contributed by atoms with Crippen molar-refractivity contribution < 1.29 is 9.59 Å². The van der Waals surface area contributed by atoms with Crippen molar-refractivity contribution in [3.8, 4) is 0 Å². The van der Waals surface area contributed by atoms with E-state index in [2.05, 4.69) is 29.5 Å². The van der Waals surface area contributed by atoms with Crippen molar-refractivity contribution >= 4 is 23.2 Å². The highest BCUT2D eigenvalue weighted by atomic mass is 16.2. The predicted octanol–water partition coefficient (Wildman–Crippen LogP) is 2.31. The molecular formula is C17H21N5O2. The molecule has 0 saturated carbocycles. The SMILES string of the molecule is CC(C)CCn1cc(C(=O)N2c3ccccc3NC(=O)C2C)nn1. The zero-order valence-electron chi connectivity index (χ0n) is 14.1. The molecule has 7 heteroatoms. The van der Waals surface area contributed by atoms with E-state index >= 15 is 0 Å². The quantitative estimate of drug-likeness (QED) is 0.934. The normalized spacial score (nSPS) is 16.9. The highest BCUT2D eigenvalue weighted by Gasteiger charge is 2.35. The second kappa shape index (κ2) is 6.43. The third-order valence-electron chi connectivity index (χ3n) is 4.10. The van der Waals surface area contributed by atoms with Crippen LogP contribution in [0, 0.1) is 5.92 Å². The van der Waals surface area contributed by atoms with E-state index in [-0.39, 0.29) is 17.5 Å². The van der Waals surface area contributed by atoms with Gasteiger partial charge in [0, 0.05) is 6.54 Å². The summed E-state index contributed by atoms with van der Waals surface area (Å²) in [4.78, 5) is 26.5. The molecule has 2 heterocycles. The molecule has 7 nitrogen and oxygen atoms in total. The summed E-state index contributed by atoms with van der Waals surface area (Å²) in [5, 5.41) is 10.8. The molecule has 0 spiro atoms. The number of fused-ring (bicyclic) bond motifs is 1. The second-order valence-corrected chi connectivity index (χ2v) is 6.41. The van der Waals surface area contributed by atoms with Gasteiger partial charge in [-0.2, -0.15) is 0 Å². The maximum atomic E-state index is 12.9. The Labute approximate surface area is 140 Å². The minimum Gasteiger partial charge on any atom is -0.322 e. The number of amides is 2. The Morgan fingerprint density at radius 3 is 2.83 bits per heavy atom. The van der Waals surface area contributed by atoms with Crippen LogP contribution in [0.4, 0.5) is 11.4 Å². The van der Waals surface area contributed by atoms with Crippen LogP contribution in [-0.2, 0) is 11.3 Å². The van der Waals surface area contributed by atoms with Gasteiger partial charge in [0.05, 0.1) is 17.6 Å². The third-order valence-corrected chi connectivity index (χ3v) is 4.10. The van der Waals surface area contributed by atoms with Crippen molar-refractivity contribution in [3.05, 3.63) is 36.2 Å². The number of nitrogens with zero attached hydrogens (tertiary/aromatic N) is 4. The molecular weight excluding hydrogens is 306 g/mol. The molecule has 0 saturated heterocycles. The molecule has 2 amide bonds. The van der Waals surface area contributed by atoms with Gasteiger partial charge in [-0.3, -0.25) is 19.2 Å². The summed E-state index contributed by atoms with van der Waals surface area (Å²) in [5.41, 5.74) is 1.54. The maximum Gasteiger partial charge on any atom is 0.281 e. The number of rotatable bonds is 4. The lowest BCUT2D eigenvalue weighted by atomic mass is 10.1. The number of hydrogen-bond acceptors (Lipinski definition) is 4. The molecule has 1 aliphatic rings. The number of anilines is 2. The van der Waals surface area contributed by atoms with Crippen LogP contribution in [0.15, 0.2) is 30.5 Å². The molecule has 1 aromatic heterocycles. The van der Waals surface area contributed by atoms with Crippen LogP contribution < -0.4 is 10.2 Å². The maximum absolute atomic E-state index is 12.9. The Morgan fingerprint density at radius 1 is 1.33 bits per heavy atom. The fourth-order valence-electron chi connectivity index (χ4n) is 2.66. The molecule has 1 aromatic carbocycles. The van der Waals surface area contributed by atoms with Crippen LogP contribution in [-0.4, -0.2) is 32.9 Å². The average molecular weight is 327 g/mol. The zero-order valence-corrected chi connectivity index (χ0v) is 14.1. The Bertz CT molecular complexity index is 768. The summed E-state index contributed by atoms with van der Waals surface area (Å²) in [5.74, 6) is 0.0147. The number of para-hydroxylation sites is 2. The Kier molecular flexibility index (Phi) is 4.33. The highest BCUT2D eigenvalue weighted by Crippen LogP contribution is 2.32. The number of aryl methyl sites for hydroxylation is 1. The summed E-state index contributed by atoms with van der Waals surface area (Å²) in [7, 11) is 0. The molecule has 0 bridgehead atoms. The smallest absolute Gasteiger partial charge is 0.281 e. The largest absolute Gasteiger partial charge is 0.322 e. The summed E-state index contributed by atoms with van der Waals surface area (Å²) < 4.78 is 1.67.